The van der Waals surface area contributed by atoms with Crippen LogP contribution in [0, 0.1) is 12.7 Å². The van der Waals surface area contributed by atoms with Gasteiger partial charge < -0.3 is 10.1 Å². The second-order valence-electron chi connectivity index (χ2n) is 7.17. The number of ether oxygens (including phenoxy) is 1. The third-order valence-corrected chi connectivity index (χ3v) is 4.73. The fourth-order valence-electron chi connectivity index (χ4n) is 3.30. The Morgan fingerprint density at radius 2 is 2.00 bits per heavy atom. The zero-order chi connectivity index (χ0) is 21.8. The van der Waals surface area contributed by atoms with Crippen molar-refractivity contribution in [3.05, 3.63) is 77.6 Å². The lowest BCUT2D eigenvalue weighted by molar-refractivity contribution is -0.120. The minimum Gasteiger partial charge on any atom is -0.439 e. The molecule has 0 aliphatic rings. The molecule has 0 saturated heterocycles. The molecule has 7 nitrogen and oxygen atoms in total. The van der Waals surface area contributed by atoms with Crippen LogP contribution in [0.4, 0.5) is 4.39 Å². The summed E-state index contributed by atoms with van der Waals surface area (Å²) in [5.74, 6) is 0.611. The van der Waals surface area contributed by atoms with Crippen LogP contribution < -0.4 is 10.1 Å². The molecule has 1 amide bonds. The minimum atomic E-state index is -0.316. The molecule has 8 heteroatoms. The first-order valence-corrected chi connectivity index (χ1v) is 9.98. The number of aromatic nitrogens is 4. The molecule has 0 spiro atoms. The van der Waals surface area contributed by atoms with Crippen molar-refractivity contribution in [2.75, 3.05) is 6.54 Å². The average molecular weight is 419 g/mol. The summed E-state index contributed by atoms with van der Waals surface area (Å²) in [5, 5.41) is 8.25. The highest BCUT2D eigenvalue weighted by atomic mass is 19.1. The van der Waals surface area contributed by atoms with E-state index in [0.717, 1.165) is 22.0 Å². The zero-order valence-corrected chi connectivity index (χ0v) is 17.3. The van der Waals surface area contributed by atoms with Gasteiger partial charge in [0.1, 0.15) is 11.6 Å². The number of fused-ring (bicyclic) bond motifs is 1. The highest BCUT2D eigenvalue weighted by Gasteiger charge is 2.12. The number of pyridine rings is 2. The molecule has 4 rings (SSSR count). The minimum absolute atomic E-state index is 0.0631. The van der Waals surface area contributed by atoms with Crippen molar-refractivity contribution in [2.45, 2.75) is 26.8 Å². The van der Waals surface area contributed by atoms with Gasteiger partial charge in [-0.05, 0) is 55.8 Å². The van der Waals surface area contributed by atoms with Gasteiger partial charge in [-0.3, -0.25) is 14.5 Å². The summed E-state index contributed by atoms with van der Waals surface area (Å²) >= 11 is 0. The van der Waals surface area contributed by atoms with Crippen LogP contribution in [0.15, 0.2) is 55.0 Å². The number of nitrogens with zero attached hydrogens (tertiary/aromatic N) is 4. The second-order valence-corrected chi connectivity index (χ2v) is 7.17. The van der Waals surface area contributed by atoms with Crippen LogP contribution in [0.3, 0.4) is 0 Å². The smallest absolute Gasteiger partial charge is 0.226 e. The maximum Gasteiger partial charge on any atom is 0.226 e. The number of aryl methyl sites for hydroxylation is 1. The molecule has 0 atom stereocenters. The Balaban J connectivity index is 1.51. The van der Waals surface area contributed by atoms with Gasteiger partial charge in [-0.2, -0.15) is 5.10 Å². The maximum atomic E-state index is 13.1. The summed E-state index contributed by atoms with van der Waals surface area (Å²) in [6.07, 6.45) is 5.51. The number of hydrogen-bond donors (Lipinski definition) is 1. The second kappa shape index (κ2) is 8.91. The van der Waals surface area contributed by atoms with E-state index in [1.165, 1.54) is 12.1 Å². The Morgan fingerprint density at radius 3 is 2.74 bits per heavy atom. The normalized spacial score (nSPS) is 10.9. The van der Waals surface area contributed by atoms with Gasteiger partial charge in [0.2, 0.25) is 11.8 Å². The molecule has 3 aromatic heterocycles. The average Bonchev–Trinajstić information content (AvgIpc) is 3.15. The molecule has 1 aromatic carbocycles. The summed E-state index contributed by atoms with van der Waals surface area (Å²) < 4.78 is 20.6. The lowest BCUT2D eigenvalue weighted by Gasteiger charge is -2.09. The molecule has 3 heterocycles. The van der Waals surface area contributed by atoms with E-state index in [9.17, 15) is 9.18 Å². The summed E-state index contributed by atoms with van der Waals surface area (Å²) in [5.41, 5.74) is 3.30. The van der Waals surface area contributed by atoms with Crippen LogP contribution in [-0.4, -0.2) is 32.2 Å². The van der Waals surface area contributed by atoms with E-state index in [0.29, 0.717) is 30.4 Å². The standard InChI is InChI=1S/C23H22FN5O2/c1-3-25-22(30)11-21-19-14-29(28-20(19)8-9-26-21)13-16-10-15(2)23(27-12-16)31-18-6-4-17(24)5-7-18/h4-10,12,14H,3,11,13H2,1-2H3,(H,25,30). The number of nitrogens with one attached hydrogen (secondary N) is 1. The lowest BCUT2D eigenvalue weighted by Crippen LogP contribution is -2.24. The van der Waals surface area contributed by atoms with Gasteiger partial charge in [0.15, 0.2) is 0 Å². The van der Waals surface area contributed by atoms with E-state index in [2.05, 4.69) is 20.4 Å². The Hall–Kier alpha value is -3.81. The number of likely N-dealkylation sites (N-methyl/N-ethyl adjacent to an activating group) is 1. The van der Waals surface area contributed by atoms with Gasteiger partial charge in [0, 0.05) is 36.1 Å². The van der Waals surface area contributed by atoms with Gasteiger partial charge in [-0.25, -0.2) is 9.37 Å². The number of carbonyl (C=O) groups excluding carboxylic acids is 1. The Kier molecular flexibility index (Phi) is 5.88. The van der Waals surface area contributed by atoms with E-state index in [1.54, 1.807) is 24.5 Å². The van der Waals surface area contributed by atoms with E-state index in [-0.39, 0.29) is 18.1 Å². The first kappa shape index (κ1) is 20.5. The quantitative estimate of drug-likeness (QED) is 0.493. The number of hydrogen-bond acceptors (Lipinski definition) is 5. The van der Waals surface area contributed by atoms with Crippen molar-refractivity contribution in [1.29, 1.82) is 0 Å². The van der Waals surface area contributed by atoms with Crippen molar-refractivity contribution in [3.63, 3.8) is 0 Å². The third-order valence-electron chi connectivity index (χ3n) is 4.73. The molecular weight excluding hydrogens is 397 g/mol. The number of amides is 1. The molecule has 0 saturated carbocycles. The highest BCUT2D eigenvalue weighted by molar-refractivity contribution is 5.86. The molecule has 0 unspecified atom stereocenters. The molecule has 0 aliphatic heterocycles. The molecule has 1 N–H and O–H groups in total. The van der Waals surface area contributed by atoms with Gasteiger partial charge in [-0.1, -0.05) is 0 Å². The van der Waals surface area contributed by atoms with Gasteiger partial charge in [0.05, 0.1) is 24.2 Å². The summed E-state index contributed by atoms with van der Waals surface area (Å²) in [6.45, 7) is 4.89. The third kappa shape index (κ3) is 4.85. The Bertz CT molecular complexity index is 1220. The fraction of sp³-hybridized carbons (Fsp3) is 0.217. The molecule has 0 aliphatic carbocycles. The fourth-order valence-corrected chi connectivity index (χ4v) is 3.30. The number of carbonyl (C=O) groups is 1. The highest BCUT2D eigenvalue weighted by Crippen LogP contribution is 2.24. The molecule has 0 radical (unpaired) electrons. The molecule has 0 bridgehead atoms. The van der Waals surface area contributed by atoms with Gasteiger partial charge in [-0.15, -0.1) is 0 Å². The van der Waals surface area contributed by atoms with Crippen molar-refractivity contribution < 1.29 is 13.9 Å². The predicted molar refractivity (Wildman–Crippen MR) is 114 cm³/mol. The van der Waals surface area contributed by atoms with Crippen molar-refractivity contribution in [3.8, 4) is 11.6 Å². The lowest BCUT2D eigenvalue weighted by atomic mass is 10.2. The number of benzene rings is 1. The van der Waals surface area contributed by atoms with Crippen molar-refractivity contribution in [2.24, 2.45) is 0 Å². The first-order chi connectivity index (χ1) is 15.0. The van der Waals surface area contributed by atoms with Crippen molar-refractivity contribution in [1.82, 2.24) is 25.1 Å². The Labute approximate surface area is 178 Å². The monoisotopic (exact) mass is 419 g/mol. The van der Waals surface area contributed by atoms with Crippen LogP contribution in [0.5, 0.6) is 11.6 Å². The van der Waals surface area contributed by atoms with Crippen LogP contribution in [0.2, 0.25) is 0 Å². The van der Waals surface area contributed by atoms with Gasteiger partial charge in [0.25, 0.3) is 0 Å². The Morgan fingerprint density at radius 1 is 1.19 bits per heavy atom. The summed E-state index contributed by atoms with van der Waals surface area (Å²) in [6, 6.07) is 9.62. The molecule has 31 heavy (non-hydrogen) atoms. The molecule has 158 valence electrons. The van der Waals surface area contributed by atoms with Gasteiger partial charge >= 0.3 is 0 Å². The molecule has 0 fully saturated rings. The van der Waals surface area contributed by atoms with E-state index < -0.39 is 0 Å². The van der Waals surface area contributed by atoms with E-state index in [4.69, 9.17) is 4.74 Å². The van der Waals surface area contributed by atoms with Crippen LogP contribution in [0.1, 0.15) is 23.7 Å². The summed E-state index contributed by atoms with van der Waals surface area (Å²) in [4.78, 5) is 20.7. The van der Waals surface area contributed by atoms with Crippen LogP contribution in [0.25, 0.3) is 10.9 Å². The summed E-state index contributed by atoms with van der Waals surface area (Å²) in [7, 11) is 0. The maximum absolute atomic E-state index is 13.1. The topological polar surface area (TPSA) is 81.9 Å². The van der Waals surface area contributed by atoms with Crippen molar-refractivity contribution >= 4 is 16.8 Å². The predicted octanol–water partition coefficient (Wildman–Crippen LogP) is 3.79. The van der Waals surface area contributed by atoms with E-state index >= 15 is 0 Å². The molecule has 4 aromatic rings. The SMILES string of the molecule is CCNC(=O)Cc1nccc2nn(Cc3cnc(Oc4ccc(F)cc4)c(C)c3)cc12. The largest absolute Gasteiger partial charge is 0.439 e. The van der Waals surface area contributed by atoms with Crippen LogP contribution >= 0.6 is 0 Å². The number of halogens is 1. The first-order valence-electron chi connectivity index (χ1n) is 9.98. The van der Waals surface area contributed by atoms with E-state index in [1.807, 2.05) is 36.9 Å². The molecular formula is C23H22FN5O2. The zero-order valence-electron chi connectivity index (χ0n) is 17.3. The van der Waals surface area contributed by atoms with Crippen LogP contribution in [-0.2, 0) is 17.8 Å². The number of rotatable bonds is 7.